The Labute approximate surface area is 167 Å². The zero-order valence-electron chi connectivity index (χ0n) is 15.9. The SMILES string of the molecule is CC1(C)c2ccc(C3(F)CCNCC3)cc2-n2c1nc(=O)c1c(Cl)cccc12. The van der Waals surface area contributed by atoms with Crippen LogP contribution in [0, 0.1) is 0 Å². The van der Waals surface area contributed by atoms with Crippen LogP contribution in [-0.2, 0) is 11.1 Å². The first-order valence-electron chi connectivity index (χ1n) is 9.60. The number of benzene rings is 2. The van der Waals surface area contributed by atoms with Gasteiger partial charge in [0.2, 0.25) is 0 Å². The third-order valence-electron chi connectivity index (χ3n) is 6.25. The minimum Gasteiger partial charge on any atom is -0.316 e. The molecule has 2 aliphatic rings. The van der Waals surface area contributed by atoms with E-state index in [9.17, 15) is 4.79 Å². The van der Waals surface area contributed by atoms with Gasteiger partial charge in [-0.3, -0.25) is 9.36 Å². The third kappa shape index (κ3) is 2.32. The van der Waals surface area contributed by atoms with E-state index in [1.165, 1.54) is 0 Å². The van der Waals surface area contributed by atoms with Crippen LogP contribution in [0.2, 0.25) is 5.02 Å². The van der Waals surface area contributed by atoms with E-state index in [1.807, 2.05) is 48.7 Å². The molecule has 0 amide bonds. The minimum absolute atomic E-state index is 0.326. The van der Waals surface area contributed by atoms with Gasteiger partial charge in [0.25, 0.3) is 5.56 Å². The summed E-state index contributed by atoms with van der Waals surface area (Å²) >= 11 is 6.32. The molecule has 28 heavy (non-hydrogen) atoms. The fraction of sp³-hybridized carbons (Fsp3) is 0.364. The second-order valence-electron chi connectivity index (χ2n) is 8.28. The molecule has 2 aromatic carbocycles. The van der Waals surface area contributed by atoms with E-state index < -0.39 is 11.1 Å². The van der Waals surface area contributed by atoms with Gasteiger partial charge in [-0.2, -0.15) is 4.98 Å². The molecule has 2 aliphatic heterocycles. The quantitative estimate of drug-likeness (QED) is 0.668. The Morgan fingerprint density at radius 1 is 1.18 bits per heavy atom. The lowest BCUT2D eigenvalue weighted by Crippen LogP contribution is -2.36. The topological polar surface area (TPSA) is 46.9 Å². The molecule has 0 atom stereocenters. The van der Waals surface area contributed by atoms with Crippen molar-refractivity contribution in [3.05, 3.63) is 68.7 Å². The summed E-state index contributed by atoms with van der Waals surface area (Å²) in [7, 11) is 0. The Bertz CT molecular complexity index is 1180. The van der Waals surface area contributed by atoms with Gasteiger partial charge in [-0.1, -0.05) is 29.8 Å². The average molecular weight is 398 g/mol. The van der Waals surface area contributed by atoms with Crippen LogP contribution < -0.4 is 10.9 Å². The molecule has 1 N–H and O–H groups in total. The third-order valence-corrected chi connectivity index (χ3v) is 6.57. The van der Waals surface area contributed by atoms with Crippen molar-refractivity contribution < 1.29 is 4.39 Å². The van der Waals surface area contributed by atoms with Crippen molar-refractivity contribution in [2.45, 2.75) is 37.8 Å². The fourth-order valence-electron chi connectivity index (χ4n) is 4.65. The van der Waals surface area contributed by atoms with Crippen LogP contribution in [0.1, 0.15) is 43.6 Å². The predicted molar refractivity (Wildman–Crippen MR) is 109 cm³/mol. The molecule has 0 saturated carbocycles. The number of aromatic nitrogens is 2. The molecule has 1 saturated heterocycles. The zero-order valence-corrected chi connectivity index (χ0v) is 16.6. The van der Waals surface area contributed by atoms with Gasteiger partial charge in [0.1, 0.15) is 11.5 Å². The molecule has 0 unspecified atom stereocenters. The normalized spacial score (nSPS) is 19.4. The average Bonchev–Trinajstić information content (AvgIpc) is 2.89. The molecule has 4 nitrogen and oxygen atoms in total. The van der Waals surface area contributed by atoms with Crippen LogP contribution >= 0.6 is 11.6 Å². The molecule has 0 radical (unpaired) electrons. The summed E-state index contributed by atoms with van der Waals surface area (Å²) in [6, 6.07) is 11.2. The number of rotatable bonds is 1. The lowest BCUT2D eigenvalue weighted by Gasteiger charge is -2.31. The molecule has 6 heteroatoms. The summed E-state index contributed by atoms with van der Waals surface area (Å²) < 4.78 is 17.6. The molecule has 3 aromatic rings. The Morgan fingerprint density at radius 3 is 2.68 bits per heavy atom. The first-order valence-corrected chi connectivity index (χ1v) is 9.97. The summed E-state index contributed by atoms with van der Waals surface area (Å²) in [5.41, 5.74) is 1.19. The second-order valence-corrected chi connectivity index (χ2v) is 8.69. The van der Waals surface area contributed by atoms with Gasteiger partial charge in [0.15, 0.2) is 0 Å². The summed E-state index contributed by atoms with van der Waals surface area (Å²) in [5, 5.41) is 4.01. The van der Waals surface area contributed by atoms with Gasteiger partial charge in [-0.05, 0) is 69.1 Å². The van der Waals surface area contributed by atoms with Crippen molar-refractivity contribution in [1.29, 1.82) is 0 Å². The maximum atomic E-state index is 15.6. The number of alkyl halides is 1. The molecule has 1 fully saturated rings. The second kappa shape index (κ2) is 5.88. The molecular weight excluding hydrogens is 377 g/mol. The van der Waals surface area contributed by atoms with Crippen molar-refractivity contribution in [1.82, 2.24) is 14.9 Å². The van der Waals surface area contributed by atoms with E-state index in [1.54, 1.807) is 6.07 Å². The lowest BCUT2D eigenvalue weighted by molar-refractivity contribution is 0.115. The Kier molecular flexibility index (Phi) is 3.74. The fourth-order valence-corrected chi connectivity index (χ4v) is 4.90. The molecule has 0 aliphatic carbocycles. The van der Waals surface area contributed by atoms with Gasteiger partial charge in [0.05, 0.1) is 27.0 Å². The molecule has 3 heterocycles. The lowest BCUT2D eigenvalue weighted by atomic mass is 9.82. The van der Waals surface area contributed by atoms with Crippen molar-refractivity contribution >= 4 is 22.5 Å². The van der Waals surface area contributed by atoms with E-state index in [2.05, 4.69) is 10.3 Å². The van der Waals surface area contributed by atoms with Crippen LogP contribution in [0.5, 0.6) is 0 Å². The largest absolute Gasteiger partial charge is 0.316 e. The maximum Gasteiger partial charge on any atom is 0.282 e. The van der Waals surface area contributed by atoms with E-state index in [4.69, 9.17) is 11.6 Å². The number of hydrogen-bond acceptors (Lipinski definition) is 3. The predicted octanol–water partition coefficient (Wildman–Crippen LogP) is 4.23. The number of hydrogen-bond donors (Lipinski definition) is 1. The minimum atomic E-state index is -1.34. The number of fused-ring (bicyclic) bond motifs is 5. The summed E-state index contributed by atoms with van der Waals surface area (Å²) in [4.78, 5) is 17.1. The number of nitrogens with zero attached hydrogens (tertiary/aromatic N) is 2. The zero-order chi connectivity index (χ0) is 19.7. The van der Waals surface area contributed by atoms with E-state index >= 15 is 4.39 Å². The van der Waals surface area contributed by atoms with Crippen molar-refractivity contribution in [2.75, 3.05) is 13.1 Å². The highest BCUT2D eigenvalue weighted by molar-refractivity contribution is 6.35. The molecule has 0 spiro atoms. The van der Waals surface area contributed by atoms with Gasteiger partial charge in [-0.15, -0.1) is 0 Å². The number of nitrogens with one attached hydrogen (secondary N) is 1. The Hall–Kier alpha value is -2.24. The molecule has 144 valence electrons. The smallest absolute Gasteiger partial charge is 0.282 e. The van der Waals surface area contributed by atoms with Gasteiger partial charge < -0.3 is 5.32 Å². The monoisotopic (exact) mass is 397 g/mol. The number of halogens is 2. The van der Waals surface area contributed by atoms with E-state index in [-0.39, 0.29) is 5.56 Å². The standard InChI is InChI=1S/C22H21ClFN3O/c1-21(2)14-7-6-13(22(24)8-10-25-11-9-22)12-17(14)27-16-5-3-4-15(23)18(16)19(28)26-20(21)27/h3-7,12,25H,8-11H2,1-2H3. The molecule has 1 aromatic heterocycles. The molecule has 5 rings (SSSR count). The number of piperidine rings is 1. The van der Waals surface area contributed by atoms with Crippen LogP contribution in [0.15, 0.2) is 41.2 Å². The summed E-state index contributed by atoms with van der Waals surface area (Å²) in [6.07, 6.45) is 0.911. The highest BCUT2D eigenvalue weighted by Gasteiger charge is 2.41. The van der Waals surface area contributed by atoms with Crippen LogP contribution in [0.25, 0.3) is 16.6 Å². The highest BCUT2D eigenvalue weighted by Crippen LogP contribution is 2.45. The summed E-state index contributed by atoms with van der Waals surface area (Å²) in [5.74, 6) is 0.664. The van der Waals surface area contributed by atoms with Gasteiger partial charge in [0, 0.05) is 0 Å². The highest BCUT2D eigenvalue weighted by atomic mass is 35.5. The first kappa shape index (κ1) is 17.8. The maximum absolute atomic E-state index is 15.6. The van der Waals surface area contributed by atoms with E-state index in [0.717, 1.165) is 11.3 Å². The van der Waals surface area contributed by atoms with Crippen molar-refractivity contribution in [3.63, 3.8) is 0 Å². The van der Waals surface area contributed by atoms with Crippen LogP contribution in [-0.4, -0.2) is 22.6 Å². The van der Waals surface area contributed by atoms with Crippen molar-refractivity contribution in [3.8, 4) is 5.69 Å². The van der Waals surface area contributed by atoms with Gasteiger partial charge in [-0.25, -0.2) is 4.39 Å². The van der Waals surface area contributed by atoms with Crippen molar-refractivity contribution in [2.24, 2.45) is 0 Å². The van der Waals surface area contributed by atoms with Crippen LogP contribution in [0.4, 0.5) is 4.39 Å². The Balaban J connectivity index is 1.83. The van der Waals surface area contributed by atoms with E-state index in [0.29, 0.717) is 53.2 Å². The van der Waals surface area contributed by atoms with Crippen LogP contribution in [0.3, 0.4) is 0 Å². The molecule has 0 bridgehead atoms. The van der Waals surface area contributed by atoms with Gasteiger partial charge >= 0.3 is 0 Å². The molecular formula is C22H21ClFN3O. The summed E-state index contributed by atoms with van der Waals surface area (Å²) in [6.45, 7) is 5.43. The Morgan fingerprint density at radius 2 is 1.93 bits per heavy atom. The first-order chi connectivity index (χ1) is 13.3.